The van der Waals surface area contributed by atoms with E-state index in [9.17, 15) is 30.0 Å². The summed E-state index contributed by atoms with van der Waals surface area (Å²) in [5, 5.41) is 45.5. The molecule has 0 atom stereocenters. The number of carboxylic acids is 2. The van der Waals surface area contributed by atoms with Crippen molar-refractivity contribution < 1.29 is 49.5 Å². The Morgan fingerprint density at radius 1 is 0.386 bits per heavy atom. The first kappa shape index (κ1) is 44.2. The number of carbonyl (C=O) groups is 2. The zero-order valence-electron chi connectivity index (χ0n) is 34.1. The van der Waals surface area contributed by atoms with Crippen LogP contribution in [0.5, 0.6) is 11.5 Å². The molecule has 0 aromatic heterocycles. The van der Waals surface area contributed by atoms with Gasteiger partial charge in [-0.1, -0.05) is 200 Å². The summed E-state index contributed by atoms with van der Waals surface area (Å²) in [6.07, 6.45) is 0. The third kappa shape index (κ3) is 9.05. The second-order valence-electron chi connectivity index (χ2n) is 16.4. The average Bonchev–Trinajstić information content (AvgIpc) is 3.19. The van der Waals surface area contributed by atoms with Crippen molar-refractivity contribution in [2.45, 2.75) is 77.0 Å². The van der Waals surface area contributed by atoms with Gasteiger partial charge in [-0.2, -0.15) is 0 Å². The van der Waals surface area contributed by atoms with Gasteiger partial charge in [-0.25, -0.2) is 9.59 Å². The summed E-state index contributed by atoms with van der Waals surface area (Å²) in [6, 6.07) is 46.1. The van der Waals surface area contributed by atoms with Crippen LogP contribution in [0.15, 0.2) is 146 Å². The minimum atomic E-state index is -1.19. The van der Waals surface area contributed by atoms with Crippen molar-refractivity contribution in [3.63, 3.8) is 0 Å². The SMILES string of the molecule is CC(C)(c1ccccc1)c1cc(C(=O)O)c([O-])c(C(C)(C)c2ccccc2)c1.CC(C)(c1ccccc1)c1cc(C(=O)O)c([O-])c(C(C)(C)c2ccccc2)c1.[Zn+2]. The van der Waals surface area contributed by atoms with E-state index in [1.54, 1.807) is 0 Å². The summed E-state index contributed by atoms with van der Waals surface area (Å²) in [6.45, 7) is 16.0. The van der Waals surface area contributed by atoms with Crippen molar-refractivity contribution in [1.29, 1.82) is 0 Å². The van der Waals surface area contributed by atoms with Gasteiger partial charge in [0, 0.05) is 21.7 Å². The van der Waals surface area contributed by atoms with Gasteiger partial charge in [-0.15, -0.1) is 0 Å². The third-order valence-corrected chi connectivity index (χ3v) is 11.4. The monoisotopic (exact) mass is 810 g/mol. The molecule has 288 valence electrons. The quantitative estimate of drug-likeness (QED) is 0.133. The number of aromatic carboxylic acids is 2. The van der Waals surface area contributed by atoms with Crippen molar-refractivity contribution in [1.82, 2.24) is 0 Å². The molecule has 0 saturated carbocycles. The molecule has 6 aromatic rings. The summed E-state index contributed by atoms with van der Waals surface area (Å²) in [5.41, 5.74) is 4.21. The Hall–Kier alpha value is -5.52. The van der Waals surface area contributed by atoms with Gasteiger partial charge in [-0.3, -0.25) is 0 Å². The number of rotatable bonds is 10. The molecule has 0 bridgehead atoms. The second kappa shape index (κ2) is 17.3. The molecule has 0 unspecified atom stereocenters. The molecule has 0 aliphatic heterocycles. The van der Waals surface area contributed by atoms with E-state index in [0.717, 1.165) is 33.4 Å². The first-order valence-corrected chi connectivity index (χ1v) is 18.7. The van der Waals surface area contributed by atoms with Gasteiger partial charge < -0.3 is 20.4 Å². The molecule has 0 spiro atoms. The van der Waals surface area contributed by atoms with Gasteiger partial charge in [0.05, 0.1) is 11.1 Å². The minimum absolute atomic E-state index is 0. The van der Waals surface area contributed by atoms with Crippen LogP contribution in [0, 0.1) is 0 Å². The maximum Gasteiger partial charge on any atom is 2.00 e. The third-order valence-electron chi connectivity index (χ3n) is 11.4. The molecule has 6 rings (SSSR count). The van der Waals surface area contributed by atoms with Crippen LogP contribution in [0.4, 0.5) is 0 Å². The maximum atomic E-state index is 13.1. The van der Waals surface area contributed by atoms with E-state index in [0.29, 0.717) is 11.1 Å². The van der Waals surface area contributed by atoms with E-state index in [-0.39, 0.29) is 30.6 Å². The normalized spacial score (nSPS) is 11.8. The Labute approximate surface area is 349 Å². The molecular formula is C50H50O6Zn. The number of carboxylic acid groups (broad SMARTS) is 2. The molecule has 0 saturated heterocycles. The molecule has 0 fully saturated rings. The van der Waals surface area contributed by atoms with Crippen LogP contribution in [0.2, 0.25) is 0 Å². The Morgan fingerprint density at radius 2 is 0.614 bits per heavy atom. The molecule has 0 heterocycles. The van der Waals surface area contributed by atoms with Crippen LogP contribution in [-0.4, -0.2) is 22.2 Å². The summed E-state index contributed by atoms with van der Waals surface area (Å²) in [7, 11) is 0. The Balaban J connectivity index is 0.000000248. The Kier molecular flexibility index (Phi) is 13.4. The molecule has 6 aromatic carbocycles. The number of benzene rings is 6. The first-order chi connectivity index (χ1) is 26.3. The standard InChI is InChI=1S/2C25H26O3.Zn/c2*1-24(2,17-11-7-5-8-12-17)19-15-20(23(27)28)22(26)21(16-19)25(3,4)18-13-9-6-10-14-18;/h2*5-16,26H,1-4H3,(H,27,28);/q;;+2/p-2. The first-order valence-electron chi connectivity index (χ1n) is 18.7. The van der Waals surface area contributed by atoms with E-state index in [2.05, 4.69) is 0 Å². The van der Waals surface area contributed by atoms with Gasteiger partial charge in [-0.05, 0) is 56.6 Å². The van der Waals surface area contributed by atoms with Crippen molar-refractivity contribution in [2.75, 3.05) is 0 Å². The smallest absolute Gasteiger partial charge is 0.872 e. The molecule has 6 nitrogen and oxygen atoms in total. The van der Waals surface area contributed by atoms with E-state index < -0.39 is 45.1 Å². The van der Waals surface area contributed by atoms with Crippen LogP contribution in [0.3, 0.4) is 0 Å². The predicted octanol–water partition coefficient (Wildman–Crippen LogP) is 10.2. The fraction of sp³-hybridized carbons (Fsp3) is 0.240. The van der Waals surface area contributed by atoms with Crippen molar-refractivity contribution >= 4 is 11.9 Å². The van der Waals surface area contributed by atoms with Gasteiger partial charge in [0.2, 0.25) is 0 Å². The number of hydrogen-bond acceptors (Lipinski definition) is 4. The molecule has 7 heteroatoms. The molecule has 0 amide bonds. The summed E-state index contributed by atoms with van der Waals surface area (Å²) in [5.74, 6) is -3.23. The van der Waals surface area contributed by atoms with Gasteiger partial charge in [0.15, 0.2) is 0 Å². The second-order valence-corrected chi connectivity index (χ2v) is 16.4. The summed E-state index contributed by atoms with van der Waals surface area (Å²) in [4.78, 5) is 23.7. The van der Waals surface area contributed by atoms with E-state index in [1.165, 1.54) is 12.1 Å². The molecular weight excluding hydrogens is 762 g/mol. The van der Waals surface area contributed by atoms with Crippen LogP contribution in [0.25, 0.3) is 0 Å². The zero-order valence-corrected chi connectivity index (χ0v) is 37.1. The van der Waals surface area contributed by atoms with Crippen LogP contribution in [0.1, 0.15) is 121 Å². The van der Waals surface area contributed by atoms with Gasteiger partial charge in [0.1, 0.15) is 0 Å². The maximum absolute atomic E-state index is 13.1. The van der Waals surface area contributed by atoms with Gasteiger partial charge in [0.25, 0.3) is 0 Å². The van der Waals surface area contributed by atoms with Crippen molar-refractivity contribution in [2.24, 2.45) is 0 Å². The van der Waals surface area contributed by atoms with Crippen molar-refractivity contribution in [3.8, 4) is 11.5 Å². The van der Waals surface area contributed by atoms with Crippen molar-refractivity contribution in [3.05, 3.63) is 201 Å². The molecule has 2 N–H and O–H groups in total. The molecule has 0 aliphatic carbocycles. The summed E-state index contributed by atoms with van der Waals surface area (Å²) < 4.78 is 0. The predicted molar refractivity (Wildman–Crippen MR) is 220 cm³/mol. The van der Waals surface area contributed by atoms with Crippen LogP contribution < -0.4 is 10.2 Å². The zero-order chi connectivity index (χ0) is 41.1. The number of hydrogen-bond donors (Lipinski definition) is 2. The fourth-order valence-electron chi connectivity index (χ4n) is 7.29. The van der Waals surface area contributed by atoms with Crippen LogP contribution >= 0.6 is 0 Å². The molecule has 0 radical (unpaired) electrons. The Morgan fingerprint density at radius 3 is 0.842 bits per heavy atom. The molecule has 0 aliphatic rings. The summed E-state index contributed by atoms with van der Waals surface area (Å²) >= 11 is 0. The van der Waals surface area contributed by atoms with E-state index in [4.69, 9.17) is 0 Å². The van der Waals surface area contributed by atoms with E-state index >= 15 is 0 Å². The Bertz CT molecular complexity index is 2150. The minimum Gasteiger partial charge on any atom is -0.872 e. The van der Waals surface area contributed by atoms with E-state index in [1.807, 2.05) is 189 Å². The molecule has 57 heavy (non-hydrogen) atoms. The average molecular weight is 812 g/mol. The topological polar surface area (TPSA) is 121 Å². The van der Waals surface area contributed by atoms with Gasteiger partial charge >= 0.3 is 31.4 Å². The largest absolute Gasteiger partial charge is 2.00 e. The fourth-order valence-corrected chi connectivity index (χ4v) is 7.29. The van der Waals surface area contributed by atoms with Crippen LogP contribution in [-0.2, 0) is 41.1 Å².